The van der Waals surface area contributed by atoms with Crippen molar-refractivity contribution in [2.24, 2.45) is 0 Å². The van der Waals surface area contributed by atoms with E-state index >= 15 is 0 Å². The van der Waals surface area contributed by atoms with Gasteiger partial charge in [-0.3, -0.25) is 8.97 Å². The Morgan fingerprint density at radius 2 is 1.23 bits per heavy atom. The molecule has 0 atom stereocenters. The molecule has 2 aliphatic heterocycles. The molecule has 6 aromatic carbocycles. The molecule has 4 heterocycles. The van der Waals surface area contributed by atoms with Crippen molar-refractivity contribution in [3.8, 4) is 5.69 Å². The molecule has 0 bridgehead atoms. The van der Waals surface area contributed by atoms with Gasteiger partial charge in [-0.05, 0) is 71.6 Å². The molecule has 43 heavy (non-hydrogen) atoms. The van der Waals surface area contributed by atoms with E-state index in [-0.39, 0.29) is 6.71 Å². The summed E-state index contributed by atoms with van der Waals surface area (Å²) in [6.45, 7) is 0.170. The predicted molar refractivity (Wildman–Crippen MR) is 179 cm³/mol. The lowest BCUT2D eigenvalue weighted by Gasteiger charge is -2.40. The first kappa shape index (κ1) is 23.4. The van der Waals surface area contributed by atoms with Crippen LogP contribution in [0.15, 0.2) is 149 Å². The molecule has 0 saturated heterocycles. The van der Waals surface area contributed by atoms with Gasteiger partial charge in [0, 0.05) is 26.9 Å². The lowest BCUT2D eigenvalue weighted by molar-refractivity contribution is 1.10. The number of aromatic nitrogens is 3. The molecule has 0 N–H and O–H groups in total. The smallest absolute Gasteiger partial charge is 0.249 e. The average molecular weight is 566 g/mol. The Hall–Kier alpha value is -5.20. The molecule has 4 nitrogen and oxygen atoms in total. The molecular weight excluding hydrogens is 543 g/mol. The molecule has 0 amide bonds. The third-order valence-electron chi connectivity index (χ3n) is 8.95. The lowest BCUT2D eigenvalue weighted by Crippen LogP contribution is -2.59. The first-order chi connectivity index (χ1) is 21.3. The van der Waals surface area contributed by atoms with Crippen LogP contribution < -0.4 is 21.3 Å². The number of rotatable bonds is 2. The minimum absolute atomic E-state index is 0.170. The summed E-state index contributed by atoms with van der Waals surface area (Å²) >= 11 is 1.88. The summed E-state index contributed by atoms with van der Waals surface area (Å²) in [5.41, 5.74) is 13.2. The SMILES string of the molecule is c1ccc(N2c3ccccc3B3c4ccccc4Sc4cc(-n5c6ccccc6n6c7ccccc7nc56)cc2c43)cc1. The van der Waals surface area contributed by atoms with Crippen molar-refractivity contribution < 1.29 is 0 Å². The molecule has 2 aromatic heterocycles. The quantitative estimate of drug-likeness (QED) is 0.207. The number of hydrogen-bond donors (Lipinski definition) is 0. The Morgan fingerprint density at radius 3 is 2.12 bits per heavy atom. The molecule has 0 unspecified atom stereocenters. The molecule has 10 rings (SSSR count). The number of para-hydroxylation sites is 6. The van der Waals surface area contributed by atoms with Crippen LogP contribution in [0.2, 0.25) is 0 Å². The Balaban J connectivity index is 1.34. The molecule has 0 saturated carbocycles. The third kappa shape index (κ3) is 3.16. The molecule has 0 spiro atoms. The first-order valence-corrected chi connectivity index (χ1v) is 15.4. The van der Waals surface area contributed by atoms with E-state index in [1.54, 1.807) is 0 Å². The Morgan fingerprint density at radius 1 is 0.535 bits per heavy atom. The van der Waals surface area contributed by atoms with Crippen LogP contribution in [0, 0.1) is 0 Å². The second kappa shape index (κ2) is 8.66. The molecule has 2 aliphatic rings. The fourth-order valence-electron chi connectivity index (χ4n) is 7.22. The van der Waals surface area contributed by atoms with Crippen LogP contribution in [-0.2, 0) is 0 Å². The van der Waals surface area contributed by atoms with Crippen molar-refractivity contribution in [3.05, 3.63) is 140 Å². The normalized spacial score (nSPS) is 13.4. The highest BCUT2D eigenvalue weighted by molar-refractivity contribution is 8.00. The van der Waals surface area contributed by atoms with Gasteiger partial charge < -0.3 is 4.90 Å². The highest BCUT2D eigenvalue weighted by Gasteiger charge is 2.41. The molecule has 0 radical (unpaired) electrons. The van der Waals surface area contributed by atoms with Crippen LogP contribution in [0.4, 0.5) is 17.1 Å². The Kier molecular flexibility index (Phi) is 4.71. The van der Waals surface area contributed by atoms with E-state index in [0.717, 1.165) is 39.2 Å². The summed E-state index contributed by atoms with van der Waals surface area (Å²) in [7, 11) is 0. The van der Waals surface area contributed by atoms with Crippen molar-refractivity contribution >= 4 is 79.8 Å². The van der Waals surface area contributed by atoms with Crippen LogP contribution in [0.25, 0.3) is 33.5 Å². The fourth-order valence-corrected chi connectivity index (χ4v) is 8.42. The predicted octanol–water partition coefficient (Wildman–Crippen LogP) is 7.20. The van der Waals surface area contributed by atoms with Crippen LogP contribution in [0.3, 0.4) is 0 Å². The van der Waals surface area contributed by atoms with Gasteiger partial charge in [0.15, 0.2) is 0 Å². The van der Waals surface area contributed by atoms with Crippen LogP contribution in [-0.4, -0.2) is 20.7 Å². The van der Waals surface area contributed by atoms with Crippen molar-refractivity contribution in [2.75, 3.05) is 4.90 Å². The van der Waals surface area contributed by atoms with Gasteiger partial charge in [0.1, 0.15) is 0 Å². The number of fused-ring (bicyclic) bond motifs is 9. The summed E-state index contributed by atoms with van der Waals surface area (Å²) < 4.78 is 4.64. The van der Waals surface area contributed by atoms with Gasteiger partial charge in [-0.2, -0.15) is 0 Å². The van der Waals surface area contributed by atoms with Crippen molar-refractivity contribution in [3.63, 3.8) is 0 Å². The highest BCUT2D eigenvalue weighted by Crippen LogP contribution is 2.43. The lowest BCUT2D eigenvalue weighted by atomic mass is 9.35. The molecule has 8 aromatic rings. The topological polar surface area (TPSA) is 25.5 Å². The fraction of sp³-hybridized carbons (Fsp3) is 0. The third-order valence-corrected chi connectivity index (χ3v) is 10.1. The molecule has 0 fully saturated rings. The van der Waals surface area contributed by atoms with Crippen LogP contribution in [0.1, 0.15) is 0 Å². The van der Waals surface area contributed by atoms with Gasteiger partial charge >= 0.3 is 0 Å². The van der Waals surface area contributed by atoms with Crippen molar-refractivity contribution in [1.29, 1.82) is 0 Å². The monoisotopic (exact) mass is 566 g/mol. The minimum Gasteiger partial charge on any atom is -0.311 e. The van der Waals surface area contributed by atoms with Gasteiger partial charge in [-0.25, -0.2) is 4.98 Å². The van der Waals surface area contributed by atoms with E-state index in [1.165, 1.54) is 37.6 Å². The zero-order valence-electron chi connectivity index (χ0n) is 23.1. The van der Waals surface area contributed by atoms with E-state index < -0.39 is 0 Å². The van der Waals surface area contributed by atoms with E-state index in [1.807, 2.05) is 11.8 Å². The molecule has 200 valence electrons. The van der Waals surface area contributed by atoms with Gasteiger partial charge in [0.05, 0.1) is 27.8 Å². The summed E-state index contributed by atoms with van der Waals surface area (Å²) in [4.78, 5) is 10.2. The summed E-state index contributed by atoms with van der Waals surface area (Å²) in [5, 5.41) is 0. The summed E-state index contributed by atoms with van der Waals surface area (Å²) in [6.07, 6.45) is 0. The van der Waals surface area contributed by atoms with E-state index in [4.69, 9.17) is 4.98 Å². The van der Waals surface area contributed by atoms with Gasteiger partial charge in [-0.1, -0.05) is 96.1 Å². The average Bonchev–Trinajstić information content (AvgIpc) is 3.59. The standard InChI is InChI=1S/C37H23BN4S/c1-2-12-24(13-3-1)40-29-17-7-4-14-26(29)38-27-15-5-11-21-34(27)43-35-23-25(22-33(40)36(35)38)41-31-19-9-10-20-32(31)42-30-18-8-6-16-28(30)39-37(41)42/h1-23H. The van der Waals surface area contributed by atoms with Crippen LogP contribution >= 0.6 is 11.8 Å². The maximum atomic E-state index is 5.18. The van der Waals surface area contributed by atoms with E-state index in [0.29, 0.717) is 0 Å². The largest absolute Gasteiger partial charge is 0.311 e. The zero-order chi connectivity index (χ0) is 28.1. The second-order valence-corrected chi connectivity index (χ2v) is 12.3. The number of anilines is 3. The number of imidazole rings is 2. The maximum Gasteiger partial charge on any atom is 0.249 e. The van der Waals surface area contributed by atoms with E-state index in [9.17, 15) is 0 Å². The molecular formula is C37H23BN4S. The summed E-state index contributed by atoms with van der Waals surface area (Å²) in [6, 6.07) is 50.4. The minimum atomic E-state index is 0.170. The molecule has 0 aliphatic carbocycles. The van der Waals surface area contributed by atoms with Gasteiger partial charge in [0.25, 0.3) is 0 Å². The maximum absolute atomic E-state index is 5.18. The number of hydrogen-bond acceptors (Lipinski definition) is 3. The van der Waals surface area contributed by atoms with Gasteiger partial charge in [0.2, 0.25) is 12.5 Å². The zero-order valence-corrected chi connectivity index (χ0v) is 23.9. The Labute approximate surface area is 252 Å². The van der Waals surface area contributed by atoms with Crippen molar-refractivity contribution in [2.45, 2.75) is 9.79 Å². The highest BCUT2D eigenvalue weighted by atomic mass is 32.2. The van der Waals surface area contributed by atoms with Gasteiger partial charge in [-0.15, -0.1) is 0 Å². The number of nitrogens with zero attached hydrogens (tertiary/aromatic N) is 4. The van der Waals surface area contributed by atoms with E-state index in [2.05, 4.69) is 153 Å². The summed E-state index contributed by atoms with van der Waals surface area (Å²) in [5.74, 6) is 0.926. The number of benzene rings is 6. The molecule has 6 heteroatoms. The van der Waals surface area contributed by atoms with Crippen molar-refractivity contribution in [1.82, 2.24) is 14.0 Å². The second-order valence-electron chi connectivity index (χ2n) is 11.2. The van der Waals surface area contributed by atoms with Crippen LogP contribution in [0.5, 0.6) is 0 Å². The first-order valence-electron chi connectivity index (χ1n) is 14.6. The Bertz CT molecular complexity index is 2410.